The Labute approximate surface area is 213 Å². The minimum Gasteiger partial charge on any atom is -0.497 e. The molecule has 9 heteroatoms. The number of fused-ring (bicyclic) bond motifs is 3. The number of imidazole rings is 2. The van der Waals surface area contributed by atoms with Gasteiger partial charge >= 0.3 is 5.69 Å². The van der Waals surface area contributed by atoms with Crippen molar-refractivity contribution in [2.45, 2.75) is 25.8 Å². The molecule has 1 fully saturated rings. The molecule has 4 heterocycles. The largest absolute Gasteiger partial charge is 0.497 e. The van der Waals surface area contributed by atoms with Gasteiger partial charge in [-0.1, -0.05) is 42.8 Å². The average molecular weight is 499 g/mol. The number of hydrogen-bond acceptors (Lipinski definition) is 5. The lowest BCUT2D eigenvalue weighted by Crippen LogP contribution is -2.43. The fourth-order valence-electron chi connectivity index (χ4n) is 5.33. The lowest BCUT2D eigenvalue weighted by Gasteiger charge is -2.26. The third kappa shape index (κ3) is 3.95. The van der Waals surface area contributed by atoms with Gasteiger partial charge in [0.15, 0.2) is 11.2 Å². The fraction of sp³-hybridized carbons (Fsp3) is 0.321. The molecular formula is C28H30N6O3. The summed E-state index contributed by atoms with van der Waals surface area (Å²) in [5.74, 6) is 1.27. The van der Waals surface area contributed by atoms with Crippen LogP contribution in [0.15, 0.2) is 70.4 Å². The molecule has 2 aromatic carbocycles. The van der Waals surface area contributed by atoms with Gasteiger partial charge in [0.2, 0.25) is 5.78 Å². The van der Waals surface area contributed by atoms with Crippen molar-refractivity contribution in [1.82, 2.24) is 28.0 Å². The second-order valence-electron chi connectivity index (χ2n) is 9.57. The molecule has 0 unspecified atom stereocenters. The molecule has 0 radical (unpaired) electrons. The van der Waals surface area contributed by atoms with Crippen LogP contribution in [0.4, 0.5) is 0 Å². The maximum atomic E-state index is 13.8. The summed E-state index contributed by atoms with van der Waals surface area (Å²) in [5.41, 5.74) is 2.83. The van der Waals surface area contributed by atoms with E-state index < -0.39 is 0 Å². The molecule has 3 aromatic heterocycles. The first-order valence-corrected chi connectivity index (χ1v) is 12.7. The van der Waals surface area contributed by atoms with Gasteiger partial charge in [0, 0.05) is 38.0 Å². The van der Waals surface area contributed by atoms with Crippen LogP contribution < -0.4 is 16.0 Å². The molecule has 0 aliphatic carbocycles. The zero-order valence-electron chi connectivity index (χ0n) is 21.1. The van der Waals surface area contributed by atoms with E-state index in [-0.39, 0.29) is 11.2 Å². The van der Waals surface area contributed by atoms with Crippen molar-refractivity contribution >= 4 is 16.9 Å². The van der Waals surface area contributed by atoms with Crippen molar-refractivity contribution in [3.05, 3.63) is 81.6 Å². The molecule has 9 nitrogen and oxygen atoms in total. The van der Waals surface area contributed by atoms with Crippen LogP contribution >= 0.6 is 0 Å². The molecule has 190 valence electrons. The Morgan fingerprint density at radius 3 is 2.49 bits per heavy atom. The van der Waals surface area contributed by atoms with E-state index in [0.717, 1.165) is 42.9 Å². The Kier molecular flexibility index (Phi) is 5.92. The van der Waals surface area contributed by atoms with Gasteiger partial charge in [0.05, 0.1) is 18.5 Å². The van der Waals surface area contributed by atoms with E-state index in [9.17, 15) is 9.59 Å². The lowest BCUT2D eigenvalue weighted by molar-refractivity contribution is 0.218. The van der Waals surface area contributed by atoms with Crippen molar-refractivity contribution in [2.75, 3.05) is 26.7 Å². The maximum Gasteiger partial charge on any atom is 0.332 e. The topological polar surface area (TPSA) is 78.7 Å². The lowest BCUT2D eigenvalue weighted by atomic mass is 10.1. The zero-order chi connectivity index (χ0) is 25.5. The number of aromatic nitrogens is 5. The predicted molar refractivity (Wildman–Crippen MR) is 144 cm³/mol. The summed E-state index contributed by atoms with van der Waals surface area (Å²) in [6, 6.07) is 17.7. The number of ether oxygens (including phenoxy) is 1. The number of nitrogens with zero attached hydrogens (tertiary/aromatic N) is 6. The van der Waals surface area contributed by atoms with Crippen LogP contribution in [0, 0.1) is 0 Å². The molecule has 0 spiro atoms. The highest BCUT2D eigenvalue weighted by Crippen LogP contribution is 2.30. The second kappa shape index (κ2) is 9.40. The molecule has 6 rings (SSSR count). The maximum absolute atomic E-state index is 13.8. The van der Waals surface area contributed by atoms with Gasteiger partial charge in [-0.15, -0.1) is 0 Å². The summed E-state index contributed by atoms with van der Waals surface area (Å²) < 4.78 is 12.1. The average Bonchev–Trinajstić information content (AvgIpc) is 3.49. The van der Waals surface area contributed by atoms with Gasteiger partial charge in [-0.25, -0.2) is 4.79 Å². The van der Waals surface area contributed by atoms with E-state index in [4.69, 9.17) is 9.72 Å². The third-order valence-electron chi connectivity index (χ3n) is 7.32. The third-order valence-corrected chi connectivity index (χ3v) is 7.32. The van der Waals surface area contributed by atoms with E-state index >= 15 is 0 Å². The van der Waals surface area contributed by atoms with E-state index in [1.165, 1.54) is 15.6 Å². The van der Waals surface area contributed by atoms with E-state index in [1.54, 1.807) is 14.2 Å². The van der Waals surface area contributed by atoms with Crippen molar-refractivity contribution in [1.29, 1.82) is 0 Å². The van der Waals surface area contributed by atoms with Crippen LogP contribution in [-0.4, -0.2) is 54.7 Å². The minimum absolute atomic E-state index is 0.315. The fourth-order valence-corrected chi connectivity index (χ4v) is 5.33. The van der Waals surface area contributed by atoms with Crippen LogP contribution in [0.5, 0.6) is 5.75 Å². The van der Waals surface area contributed by atoms with Crippen LogP contribution in [0.2, 0.25) is 0 Å². The highest BCUT2D eigenvalue weighted by molar-refractivity contribution is 5.79. The zero-order valence-corrected chi connectivity index (χ0v) is 21.1. The monoisotopic (exact) mass is 498 g/mol. The van der Waals surface area contributed by atoms with Gasteiger partial charge in [0.1, 0.15) is 5.75 Å². The number of methoxy groups -OCH3 is 1. The van der Waals surface area contributed by atoms with E-state index in [1.807, 2.05) is 69.8 Å². The molecule has 1 aliphatic rings. The first kappa shape index (κ1) is 23.3. The molecule has 37 heavy (non-hydrogen) atoms. The van der Waals surface area contributed by atoms with E-state index in [0.29, 0.717) is 35.8 Å². The summed E-state index contributed by atoms with van der Waals surface area (Å²) >= 11 is 0. The molecule has 0 N–H and O–H groups in total. The predicted octanol–water partition coefficient (Wildman–Crippen LogP) is 3.30. The van der Waals surface area contributed by atoms with Crippen molar-refractivity contribution in [2.24, 2.45) is 7.05 Å². The van der Waals surface area contributed by atoms with Crippen molar-refractivity contribution in [3.63, 3.8) is 0 Å². The SMILES string of the molecule is COc1cccc(-n2c(-c3ccccc3)cn3c4c(=O)n(CCN5CCCCC5)c(=O)n(C)c4nc23)c1. The van der Waals surface area contributed by atoms with Crippen LogP contribution in [-0.2, 0) is 13.6 Å². The molecular weight excluding hydrogens is 468 g/mol. The number of aryl methyl sites for hydroxylation is 1. The van der Waals surface area contributed by atoms with E-state index in [2.05, 4.69) is 4.90 Å². The van der Waals surface area contributed by atoms with Gasteiger partial charge in [-0.2, -0.15) is 4.98 Å². The molecule has 5 aromatic rings. The highest BCUT2D eigenvalue weighted by atomic mass is 16.5. The second-order valence-corrected chi connectivity index (χ2v) is 9.57. The molecule has 1 aliphatic heterocycles. The molecule has 0 amide bonds. The summed E-state index contributed by atoms with van der Waals surface area (Å²) in [6.07, 6.45) is 5.50. The van der Waals surface area contributed by atoms with Gasteiger partial charge in [-0.3, -0.25) is 22.9 Å². The first-order valence-electron chi connectivity index (χ1n) is 12.7. The van der Waals surface area contributed by atoms with Crippen LogP contribution in [0.3, 0.4) is 0 Å². The number of piperidine rings is 1. The van der Waals surface area contributed by atoms with Crippen molar-refractivity contribution in [3.8, 4) is 22.7 Å². The minimum atomic E-state index is -0.341. The summed E-state index contributed by atoms with van der Waals surface area (Å²) in [4.78, 5) is 34.2. The highest BCUT2D eigenvalue weighted by Gasteiger charge is 2.23. The number of hydrogen-bond donors (Lipinski definition) is 0. The smallest absolute Gasteiger partial charge is 0.332 e. The van der Waals surface area contributed by atoms with Crippen LogP contribution in [0.1, 0.15) is 19.3 Å². The first-order chi connectivity index (χ1) is 18.1. The molecule has 0 saturated carbocycles. The summed E-state index contributed by atoms with van der Waals surface area (Å²) in [6.45, 7) is 3.07. The van der Waals surface area contributed by atoms with Gasteiger partial charge in [-0.05, 0) is 38.1 Å². The number of benzene rings is 2. The van der Waals surface area contributed by atoms with Crippen LogP contribution in [0.25, 0.3) is 33.9 Å². The molecule has 1 saturated heterocycles. The van der Waals surface area contributed by atoms with Gasteiger partial charge in [0.25, 0.3) is 5.56 Å². The van der Waals surface area contributed by atoms with Gasteiger partial charge < -0.3 is 9.64 Å². The number of rotatable bonds is 6. The Hall–Kier alpha value is -4.11. The Balaban J connectivity index is 1.58. The molecule has 0 atom stereocenters. The quantitative estimate of drug-likeness (QED) is 0.359. The van der Waals surface area contributed by atoms with Crippen molar-refractivity contribution < 1.29 is 4.74 Å². The number of likely N-dealkylation sites (tertiary alicyclic amines) is 1. The molecule has 0 bridgehead atoms. The Morgan fingerprint density at radius 2 is 1.73 bits per heavy atom. The standard InChI is InChI=1S/C28H30N6O3/c1-30-25-24(26(35)32(28(30)36)17-16-31-14-7-4-8-15-31)33-19-23(20-10-5-3-6-11-20)34(27(33)29-25)21-12-9-13-22(18-21)37-2/h3,5-6,9-13,18-19H,4,7-8,14-17H2,1-2H3. The Bertz CT molecular complexity index is 1700. The summed E-state index contributed by atoms with van der Waals surface area (Å²) in [7, 11) is 3.32. The Morgan fingerprint density at radius 1 is 0.946 bits per heavy atom. The normalized spacial score (nSPS) is 14.5. The summed E-state index contributed by atoms with van der Waals surface area (Å²) in [5, 5.41) is 0.